The highest BCUT2D eigenvalue weighted by molar-refractivity contribution is 7.15. The highest BCUT2D eigenvalue weighted by atomic mass is 35.5. The first-order valence-corrected chi connectivity index (χ1v) is 7.65. The first kappa shape index (κ1) is 13.4. The van der Waals surface area contributed by atoms with Crippen LogP contribution in [0.15, 0.2) is 30.5 Å². The molecule has 1 aromatic carbocycles. The van der Waals surface area contributed by atoms with Crippen LogP contribution in [0.2, 0.25) is 4.34 Å². The average molecular weight is 308 g/mol. The van der Waals surface area contributed by atoms with Gasteiger partial charge in [-0.2, -0.15) is 0 Å². The van der Waals surface area contributed by atoms with E-state index in [0.29, 0.717) is 22.5 Å². The number of hydrogen-bond acceptors (Lipinski definition) is 4. The van der Waals surface area contributed by atoms with Crippen molar-refractivity contribution in [3.8, 4) is 0 Å². The first-order valence-electron chi connectivity index (χ1n) is 6.46. The molecule has 1 aromatic heterocycles. The molecule has 1 heterocycles. The molecule has 0 radical (unpaired) electrons. The molecule has 2 N–H and O–H groups in total. The van der Waals surface area contributed by atoms with E-state index in [1.807, 2.05) is 24.3 Å². The van der Waals surface area contributed by atoms with Crippen molar-refractivity contribution in [1.82, 2.24) is 10.3 Å². The molecule has 1 amide bonds. The molecule has 0 bridgehead atoms. The predicted octanol–water partition coefficient (Wildman–Crippen LogP) is 3.30. The van der Waals surface area contributed by atoms with Gasteiger partial charge in [-0.15, -0.1) is 11.3 Å². The molecule has 1 aliphatic rings. The lowest BCUT2D eigenvalue weighted by atomic mass is 10.2. The summed E-state index contributed by atoms with van der Waals surface area (Å²) in [6.45, 7) is 0.630. The second-order valence-corrected chi connectivity index (χ2v) is 6.48. The number of nitrogens with zero attached hydrogens (tertiary/aromatic N) is 1. The van der Waals surface area contributed by atoms with E-state index in [-0.39, 0.29) is 5.91 Å². The Balaban J connectivity index is 1.56. The number of halogens is 1. The minimum absolute atomic E-state index is 0.00533. The van der Waals surface area contributed by atoms with Crippen LogP contribution in [0.3, 0.4) is 0 Å². The number of benzene rings is 1. The van der Waals surface area contributed by atoms with Gasteiger partial charge in [0.2, 0.25) is 0 Å². The summed E-state index contributed by atoms with van der Waals surface area (Å²) in [5.41, 5.74) is 1.65. The summed E-state index contributed by atoms with van der Waals surface area (Å²) in [6, 6.07) is 7.84. The number of rotatable bonds is 5. The lowest BCUT2D eigenvalue weighted by Crippen LogP contribution is -2.25. The highest BCUT2D eigenvalue weighted by Crippen LogP contribution is 2.21. The summed E-state index contributed by atoms with van der Waals surface area (Å²) in [4.78, 5) is 16.0. The molecule has 0 saturated heterocycles. The van der Waals surface area contributed by atoms with Crippen LogP contribution in [0, 0.1) is 0 Å². The van der Waals surface area contributed by atoms with Crippen LogP contribution in [-0.4, -0.2) is 16.9 Å². The van der Waals surface area contributed by atoms with Gasteiger partial charge >= 0.3 is 0 Å². The Morgan fingerprint density at radius 3 is 2.70 bits per heavy atom. The van der Waals surface area contributed by atoms with Crippen molar-refractivity contribution >= 4 is 34.5 Å². The van der Waals surface area contributed by atoms with Gasteiger partial charge in [-0.05, 0) is 37.1 Å². The standard InChI is InChI=1S/C14H14ClN3OS/c15-12-7-17-13(20-12)8-16-10-3-1-9(2-4-10)14(19)18-11-5-6-11/h1-4,7,11,16H,5-6,8H2,(H,18,19). The Hall–Kier alpha value is -1.59. The summed E-state index contributed by atoms with van der Waals surface area (Å²) >= 11 is 7.28. The molecule has 1 aliphatic carbocycles. The maximum Gasteiger partial charge on any atom is 0.251 e. The maximum atomic E-state index is 11.8. The molecule has 0 atom stereocenters. The Labute approximate surface area is 126 Å². The molecule has 6 heteroatoms. The Morgan fingerprint density at radius 1 is 1.35 bits per heavy atom. The van der Waals surface area contributed by atoms with Crippen molar-refractivity contribution in [3.05, 3.63) is 45.4 Å². The fourth-order valence-corrected chi connectivity index (χ4v) is 2.68. The molecule has 2 aromatic rings. The van der Waals surface area contributed by atoms with Gasteiger partial charge in [0.1, 0.15) is 9.34 Å². The zero-order valence-electron chi connectivity index (χ0n) is 10.7. The summed E-state index contributed by atoms with van der Waals surface area (Å²) < 4.78 is 0.689. The number of carbonyl (C=O) groups excluding carboxylic acids is 1. The number of amides is 1. The van der Waals surface area contributed by atoms with E-state index in [4.69, 9.17) is 11.6 Å². The Bertz CT molecular complexity index is 607. The van der Waals surface area contributed by atoms with E-state index >= 15 is 0 Å². The van der Waals surface area contributed by atoms with Crippen molar-refractivity contribution in [1.29, 1.82) is 0 Å². The summed E-state index contributed by atoms with van der Waals surface area (Å²) in [6.07, 6.45) is 3.85. The van der Waals surface area contributed by atoms with Crippen molar-refractivity contribution in [2.75, 3.05) is 5.32 Å². The minimum Gasteiger partial charge on any atom is -0.379 e. The zero-order chi connectivity index (χ0) is 13.9. The number of nitrogens with one attached hydrogen (secondary N) is 2. The topological polar surface area (TPSA) is 54.0 Å². The molecule has 0 unspecified atom stereocenters. The predicted molar refractivity (Wildman–Crippen MR) is 81.4 cm³/mol. The van der Waals surface area contributed by atoms with Gasteiger partial charge in [0.15, 0.2) is 0 Å². The fraction of sp³-hybridized carbons (Fsp3) is 0.286. The first-order chi connectivity index (χ1) is 9.70. The minimum atomic E-state index is 0.00533. The molecule has 104 valence electrons. The smallest absolute Gasteiger partial charge is 0.251 e. The van der Waals surface area contributed by atoms with Crippen LogP contribution in [-0.2, 0) is 6.54 Å². The van der Waals surface area contributed by atoms with E-state index in [1.54, 1.807) is 6.20 Å². The van der Waals surface area contributed by atoms with Crippen molar-refractivity contribution < 1.29 is 4.79 Å². The Morgan fingerprint density at radius 2 is 2.10 bits per heavy atom. The zero-order valence-corrected chi connectivity index (χ0v) is 12.3. The van der Waals surface area contributed by atoms with Crippen molar-refractivity contribution in [2.45, 2.75) is 25.4 Å². The summed E-state index contributed by atoms with van der Waals surface area (Å²) in [5.74, 6) is 0.00533. The van der Waals surface area contributed by atoms with Gasteiger partial charge in [0.25, 0.3) is 5.91 Å². The van der Waals surface area contributed by atoms with Crippen molar-refractivity contribution in [3.63, 3.8) is 0 Å². The van der Waals surface area contributed by atoms with E-state index in [9.17, 15) is 4.79 Å². The highest BCUT2D eigenvalue weighted by Gasteiger charge is 2.23. The maximum absolute atomic E-state index is 11.8. The van der Waals surface area contributed by atoms with Gasteiger partial charge in [-0.1, -0.05) is 11.6 Å². The number of thiazole rings is 1. The molecule has 1 fully saturated rings. The molecular formula is C14H14ClN3OS. The SMILES string of the molecule is O=C(NC1CC1)c1ccc(NCc2ncc(Cl)s2)cc1. The number of carbonyl (C=O) groups is 1. The largest absolute Gasteiger partial charge is 0.379 e. The van der Waals surface area contributed by atoms with E-state index in [0.717, 1.165) is 23.5 Å². The normalized spacial score (nSPS) is 14.1. The van der Waals surface area contributed by atoms with E-state index < -0.39 is 0 Å². The fourth-order valence-electron chi connectivity index (χ4n) is 1.78. The van der Waals surface area contributed by atoms with Gasteiger partial charge in [-0.3, -0.25) is 4.79 Å². The third-order valence-corrected chi connectivity index (χ3v) is 4.14. The molecule has 0 aliphatic heterocycles. The van der Waals surface area contributed by atoms with Crippen LogP contribution >= 0.6 is 22.9 Å². The van der Waals surface area contributed by atoms with Crippen LogP contribution in [0.4, 0.5) is 5.69 Å². The number of aromatic nitrogens is 1. The van der Waals surface area contributed by atoms with Crippen molar-refractivity contribution in [2.24, 2.45) is 0 Å². The molecule has 3 rings (SSSR count). The summed E-state index contributed by atoms with van der Waals surface area (Å²) in [7, 11) is 0. The van der Waals surface area contributed by atoms with Gasteiger partial charge in [-0.25, -0.2) is 4.98 Å². The lowest BCUT2D eigenvalue weighted by Gasteiger charge is -2.06. The lowest BCUT2D eigenvalue weighted by molar-refractivity contribution is 0.0951. The molecular weight excluding hydrogens is 294 g/mol. The molecule has 20 heavy (non-hydrogen) atoms. The third kappa shape index (κ3) is 3.49. The second-order valence-electron chi connectivity index (χ2n) is 4.74. The van der Waals surface area contributed by atoms with Gasteiger partial charge in [0, 0.05) is 17.3 Å². The number of hydrogen-bond donors (Lipinski definition) is 2. The quantitative estimate of drug-likeness (QED) is 0.891. The monoisotopic (exact) mass is 307 g/mol. The van der Waals surface area contributed by atoms with Crippen LogP contribution < -0.4 is 10.6 Å². The Kier molecular flexibility index (Phi) is 3.89. The van der Waals surface area contributed by atoms with Crippen LogP contribution in [0.5, 0.6) is 0 Å². The third-order valence-electron chi connectivity index (χ3n) is 3.03. The van der Waals surface area contributed by atoms with Gasteiger partial charge in [0.05, 0.1) is 12.7 Å². The summed E-state index contributed by atoms with van der Waals surface area (Å²) in [5, 5.41) is 7.15. The van der Waals surface area contributed by atoms with E-state index in [2.05, 4.69) is 15.6 Å². The van der Waals surface area contributed by atoms with Gasteiger partial charge < -0.3 is 10.6 Å². The number of anilines is 1. The second kappa shape index (κ2) is 5.81. The van der Waals surface area contributed by atoms with E-state index in [1.165, 1.54) is 11.3 Å². The van der Waals surface area contributed by atoms with Crippen LogP contribution in [0.25, 0.3) is 0 Å². The molecule has 4 nitrogen and oxygen atoms in total. The molecule has 0 spiro atoms. The molecule has 1 saturated carbocycles. The van der Waals surface area contributed by atoms with Crippen LogP contribution in [0.1, 0.15) is 28.2 Å². The average Bonchev–Trinajstić information content (AvgIpc) is 3.17.